The molecule has 2 amide bonds. The number of hydrogen-bond acceptors (Lipinski definition) is 3. The molecule has 2 rings (SSSR count). The summed E-state index contributed by atoms with van der Waals surface area (Å²) in [6.07, 6.45) is 1.40. The highest BCUT2D eigenvalue weighted by Gasteiger charge is 2.46. The van der Waals surface area contributed by atoms with E-state index in [2.05, 4.69) is 5.32 Å². The molecular formula is C12H15N3O2. The molecule has 1 aromatic carbocycles. The molecule has 1 fully saturated rings. The molecule has 0 heterocycles. The van der Waals surface area contributed by atoms with Gasteiger partial charge in [0.25, 0.3) is 0 Å². The van der Waals surface area contributed by atoms with E-state index in [0.717, 1.165) is 0 Å². The second kappa shape index (κ2) is 3.85. The summed E-state index contributed by atoms with van der Waals surface area (Å²) in [5.41, 5.74) is 11.9. The Kier molecular flexibility index (Phi) is 2.63. The van der Waals surface area contributed by atoms with Crippen molar-refractivity contribution in [1.82, 2.24) is 0 Å². The maximum Gasteiger partial charge on any atom is 0.249 e. The topological polar surface area (TPSA) is 98.2 Å². The number of nitrogens with two attached hydrogens (primary N) is 2. The molecular weight excluding hydrogens is 218 g/mol. The van der Waals surface area contributed by atoms with Crippen molar-refractivity contribution in [2.45, 2.75) is 25.3 Å². The van der Waals surface area contributed by atoms with E-state index >= 15 is 0 Å². The second-order valence-corrected chi connectivity index (χ2v) is 4.45. The molecule has 5 heteroatoms. The van der Waals surface area contributed by atoms with Crippen LogP contribution in [0.4, 0.5) is 5.69 Å². The summed E-state index contributed by atoms with van der Waals surface area (Å²) in [5.74, 6) is -0.713. The van der Waals surface area contributed by atoms with Crippen molar-refractivity contribution in [2.24, 2.45) is 11.5 Å². The first-order valence-corrected chi connectivity index (χ1v) is 5.44. The van der Waals surface area contributed by atoms with Gasteiger partial charge in [-0.25, -0.2) is 0 Å². The summed E-state index contributed by atoms with van der Waals surface area (Å²) < 4.78 is 0. The van der Waals surface area contributed by atoms with Crippen LogP contribution in [0.5, 0.6) is 0 Å². The molecule has 0 aromatic heterocycles. The normalized spacial score (nSPS) is 16.4. The quantitative estimate of drug-likeness (QED) is 0.710. The van der Waals surface area contributed by atoms with Gasteiger partial charge in [0.1, 0.15) is 0 Å². The van der Waals surface area contributed by atoms with E-state index in [1.807, 2.05) is 0 Å². The van der Waals surface area contributed by atoms with Gasteiger partial charge >= 0.3 is 0 Å². The molecule has 0 unspecified atom stereocenters. The Morgan fingerprint density at radius 2 is 2.00 bits per heavy atom. The summed E-state index contributed by atoms with van der Waals surface area (Å²) in [7, 11) is 0. The molecule has 0 spiro atoms. The fraction of sp³-hybridized carbons (Fsp3) is 0.333. The number of nitrogens with one attached hydrogen (secondary N) is 1. The lowest BCUT2D eigenvalue weighted by Crippen LogP contribution is -2.38. The fourth-order valence-electron chi connectivity index (χ4n) is 1.65. The summed E-state index contributed by atoms with van der Waals surface area (Å²) in [6, 6.07) is 5.03. The lowest BCUT2D eigenvalue weighted by Gasteiger charge is -2.13. The molecule has 0 atom stereocenters. The van der Waals surface area contributed by atoms with Crippen molar-refractivity contribution < 1.29 is 9.59 Å². The Morgan fingerprint density at radius 3 is 2.53 bits per heavy atom. The van der Waals surface area contributed by atoms with Gasteiger partial charge in [-0.15, -0.1) is 0 Å². The van der Waals surface area contributed by atoms with E-state index in [-0.39, 0.29) is 5.91 Å². The number of carbonyl (C=O) groups excluding carboxylic acids is 2. The molecule has 0 aliphatic heterocycles. The van der Waals surface area contributed by atoms with E-state index in [1.54, 1.807) is 25.1 Å². The van der Waals surface area contributed by atoms with E-state index in [9.17, 15) is 9.59 Å². The summed E-state index contributed by atoms with van der Waals surface area (Å²) in [6.45, 7) is 1.74. The number of benzene rings is 1. The molecule has 1 aromatic rings. The van der Waals surface area contributed by atoms with Gasteiger partial charge in [0.15, 0.2) is 0 Å². The first-order chi connectivity index (χ1) is 7.94. The van der Waals surface area contributed by atoms with Crippen molar-refractivity contribution in [1.29, 1.82) is 0 Å². The van der Waals surface area contributed by atoms with E-state index < -0.39 is 11.4 Å². The summed E-state index contributed by atoms with van der Waals surface area (Å²) in [4.78, 5) is 22.9. The Morgan fingerprint density at radius 1 is 1.35 bits per heavy atom. The third-order valence-corrected chi connectivity index (χ3v) is 3.09. The van der Waals surface area contributed by atoms with Crippen LogP contribution in [-0.4, -0.2) is 17.4 Å². The SMILES string of the molecule is Cc1c(NC(=O)C2(N)CC2)cccc1C(N)=O. The van der Waals surface area contributed by atoms with Crippen LogP contribution >= 0.6 is 0 Å². The van der Waals surface area contributed by atoms with Gasteiger partial charge in [-0.05, 0) is 37.5 Å². The van der Waals surface area contributed by atoms with Gasteiger partial charge in [0.2, 0.25) is 11.8 Å². The van der Waals surface area contributed by atoms with Gasteiger partial charge in [0.05, 0.1) is 5.54 Å². The Hall–Kier alpha value is -1.88. The average Bonchev–Trinajstić information content (AvgIpc) is 3.00. The number of amides is 2. The van der Waals surface area contributed by atoms with E-state index in [4.69, 9.17) is 11.5 Å². The molecule has 5 nitrogen and oxygen atoms in total. The smallest absolute Gasteiger partial charge is 0.249 e. The number of primary amides is 1. The first kappa shape index (κ1) is 11.6. The van der Waals surface area contributed by atoms with Gasteiger partial charge in [-0.2, -0.15) is 0 Å². The van der Waals surface area contributed by atoms with Crippen molar-refractivity contribution in [3.05, 3.63) is 29.3 Å². The highest BCUT2D eigenvalue weighted by Crippen LogP contribution is 2.33. The predicted octanol–water partition coefficient (Wildman–Crippen LogP) is 0.524. The largest absolute Gasteiger partial charge is 0.366 e. The number of hydrogen-bond donors (Lipinski definition) is 3. The lowest BCUT2D eigenvalue weighted by atomic mass is 10.1. The van der Waals surface area contributed by atoms with Crippen LogP contribution in [0, 0.1) is 6.92 Å². The molecule has 0 saturated heterocycles. The Balaban J connectivity index is 2.24. The van der Waals surface area contributed by atoms with Crippen molar-refractivity contribution in [2.75, 3.05) is 5.32 Å². The zero-order chi connectivity index (χ0) is 12.6. The van der Waals surface area contributed by atoms with Crippen molar-refractivity contribution in [3.8, 4) is 0 Å². The number of rotatable bonds is 3. The zero-order valence-electron chi connectivity index (χ0n) is 9.62. The van der Waals surface area contributed by atoms with Crippen molar-refractivity contribution >= 4 is 17.5 Å². The highest BCUT2D eigenvalue weighted by molar-refractivity contribution is 6.02. The van der Waals surface area contributed by atoms with Crippen LogP contribution in [0.25, 0.3) is 0 Å². The maximum atomic E-state index is 11.8. The Labute approximate surface area is 99.2 Å². The van der Waals surface area contributed by atoms with Crippen LogP contribution in [0.1, 0.15) is 28.8 Å². The molecule has 90 valence electrons. The van der Waals surface area contributed by atoms with Crippen LogP contribution in [0.2, 0.25) is 0 Å². The number of carbonyl (C=O) groups is 2. The average molecular weight is 233 g/mol. The zero-order valence-corrected chi connectivity index (χ0v) is 9.62. The van der Waals surface area contributed by atoms with Crippen LogP contribution < -0.4 is 16.8 Å². The molecule has 5 N–H and O–H groups in total. The highest BCUT2D eigenvalue weighted by atomic mass is 16.2. The molecule has 1 aliphatic rings. The standard InChI is InChI=1S/C12H15N3O2/c1-7-8(10(13)16)3-2-4-9(7)15-11(17)12(14)5-6-12/h2-4H,5-6,14H2,1H3,(H2,13,16)(H,15,17). The van der Waals surface area contributed by atoms with Crippen LogP contribution in [0.15, 0.2) is 18.2 Å². The molecule has 0 bridgehead atoms. The van der Waals surface area contributed by atoms with Crippen molar-refractivity contribution in [3.63, 3.8) is 0 Å². The minimum absolute atomic E-state index is 0.206. The third kappa shape index (κ3) is 2.14. The first-order valence-electron chi connectivity index (χ1n) is 5.44. The predicted molar refractivity (Wildman–Crippen MR) is 64.5 cm³/mol. The van der Waals surface area contributed by atoms with E-state index in [0.29, 0.717) is 29.7 Å². The fourth-order valence-corrected chi connectivity index (χ4v) is 1.65. The molecule has 0 radical (unpaired) electrons. The third-order valence-electron chi connectivity index (χ3n) is 3.09. The maximum absolute atomic E-state index is 11.8. The van der Waals surface area contributed by atoms with Gasteiger partial charge in [0, 0.05) is 11.3 Å². The van der Waals surface area contributed by atoms with Crippen LogP contribution in [-0.2, 0) is 4.79 Å². The second-order valence-electron chi connectivity index (χ2n) is 4.45. The summed E-state index contributed by atoms with van der Waals surface area (Å²) >= 11 is 0. The summed E-state index contributed by atoms with van der Waals surface area (Å²) in [5, 5.41) is 2.74. The minimum Gasteiger partial charge on any atom is -0.366 e. The minimum atomic E-state index is -0.727. The van der Waals surface area contributed by atoms with Gasteiger partial charge in [-0.1, -0.05) is 6.07 Å². The monoisotopic (exact) mass is 233 g/mol. The Bertz CT molecular complexity index is 493. The van der Waals surface area contributed by atoms with Gasteiger partial charge in [-0.3, -0.25) is 9.59 Å². The van der Waals surface area contributed by atoms with Gasteiger partial charge < -0.3 is 16.8 Å². The number of anilines is 1. The molecule has 17 heavy (non-hydrogen) atoms. The molecule has 1 saturated carbocycles. The molecule has 1 aliphatic carbocycles. The van der Waals surface area contributed by atoms with E-state index in [1.165, 1.54) is 0 Å². The van der Waals surface area contributed by atoms with Crippen LogP contribution in [0.3, 0.4) is 0 Å². The lowest BCUT2D eigenvalue weighted by molar-refractivity contribution is -0.118.